The number of carbonyl (C=O) groups excluding carboxylic acids is 2. The molecule has 1 saturated heterocycles. The number of benzene rings is 2. The summed E-state index contributed by atoms with van der Waals surface area (Å²) < 4.78 is 5.42. The molecule has 0 radical (unpaired) electrons. The summed E-state index contributed by atoms with van der Waals surface area (Å²) >= 11 is 0. The van der Waals surface area contributed by atoms with Crippen molar-refractivity contribution >= 4 is 23.2 Å². The Morgan fingerprint density at radius 1 is 1.28 bits per heavy atom. The molecule has 1 N–H and O–H groups in total. The van der Waals surface area contributed by atoms with Crippen molar-refractivity contribution in [3.05, 3.63) is 63.7 Å². The molecule has 1 aliphatic heterocycles. The number of nitro groups is 1. The van der Waals surface area contributed by atoms with E-state index in [4.69, 9.17) is 4.74 Å². The molecule has 1 unspecified atom stereocenters. The average molecular weight is 397 g/mol. The van der Waals surface area contributed by atoms with Gasteiger partial charge in [0.25, 0.3) is 11.6 Å². The van der Waals surface area contributed by atoms with Crippen LogP contribution in [0.1, 0.15) is 29.3 Å². The standard InChI is InChI=1S/C21H23N3O5/c1-3-29-18-8-6-17(7-9-18)23-13-15(10-20(23)25)12-22-21(26)16-5-4-14(2)19(11-16)24(27)28/h4-9,11,15H,3,10,12-13H2,1-2H3,(H,22,26). The van der Waals surface area contributed by atoms with E-state index in [1.165, 1.54) is 6.07 Å². The maximum atomic E-state index is 12.4. The quantitative estimate of drug-likeness (QED) is 0.571. The summed E-state index contributed by atoms with van der Waals surface area (Å²) in [5.41, 5.74) is 1.44. The smallest absolute Gasteiger partial charge is 0.273 e. The van der Waals surface area contributed by atoms with Gasteiger partial charge in [-0.25, -0.2) is 0 Å². The molecule has 8 nitrogen and oxygen atoms in total. The molecule has 8 heteroatoms. The van der Waals surface area contributed by atoms with Gasteiger partial charge in [0.15, 0.2) is 0 Å². The number of carbonyl (C=O) groups is 2. The average Bonchev–Trinajstić information content (AvgIpc) is 3.07. The van der Waals surface area contributed by atoms with Crippen LogP contribution in [0, 0.1) is 23.0 Å². The molecule has 0 spiro atoms. The van der Waals surface area contributed by atoms with Gasteiger partial charge in [-0.2, -0.15) is 0 Å². The van der Waals surface area contributed by atoms with E-state index in [-0.39, 0.29) is 29.0 Å². The van der Waals surface area contributed by atoms with Gasteiger partial charge in [-0.1, -0.05) is 6.07 Å². The molecule has 1 atom stereocenters. The summed E-state index contributed by atoms with van der Waals surface area (Å²) in [6.45, 7) is 4.93. The Hall–Kier alpha value is -3.42. The van der Waals surface area contributed by atoms with Crippen molar-refractivity contribution in [2.75, 3.05) is 24.6 Å². The van der Waals surface area contributed by atoms with Gasteiger partial charge in [0.05, 0.1) is 11.5 Å². The molecule has 1 heterocycles. The number of anilines is 1. The molecule has 1 aliphatic rings. The van der Waals surface area contributed by atoms with Crippen molar-refractivity contribution in [1.29, 1.82) is 0 Å². The third-order valence-corrected chi connectivity index (χ3v) is 4.88. The normalized spacial score (nSPS) is 16.0. The van der Waals surface area contributed by atoms with Crippen LogP contribution in [-0.4, -0.2) is 36.4 Å². The van der Waals surface area contributed by atoms with Crippen molar-refractivity contribution in [3.8, 4) is 5.75 Å². The fourth-order valence-corrected chi connectivity index (χ4v) is 3.34. The zero-order valence-corrected chi connectivity index (χ0v) is 16.4. The summed E-state index contributed by atoms with van der Waals surface area (Å²) in [6, 6.07) is 11.7. The van der Waals surface area contributed by atoms with Crippen molar-refractivity contribution in [3.63, 3.8) is 0 Å². The zero-order valence-electron chi connectivity index (χ0n) is 16.4. The van der Waals surface area contributed by atoms with E-state index in [1.807, 2.05) is 31.2 Å². The van der Waals surface area contributed by atoms with E-state index in [0.29, 0.717) is 31.7 Å². The minimum Gasteiger partial charge on any atom is -0.494 e. The number of rotatable bonds is 7. The predicted molar refractivity (Wildman–Crippen MR) is 108 cm³/mol. The first-order chi connectivity index (χ1) is 13.9. The lowest BCUT2D eigenvalue weighted by Crippen LogP contribution is -2.31. The molecule has 0 saturated carbocycles. The van der Waals surface area contributed by atoms with Crippen LogP contribution in [0.3, 0.4) is 0 Å². The molecule has 2 aromatic carbocycles. The van der Waals surface area contributed by atoms with Crippen LogP contribution in [0.2, 0.25) is 0 Å². The molecule has 152 valence electrons. The molecule has 29 heavy (non-hydrogen) atoms. The lowest BCUT2D eigenvalue weighted by Gasteiger charge is -2.17. The van der Waals surface area contributed by atoms with Crippen molar-refractivity contribution in [2.45, 2.75) is 20.3 Å². The molecule has 0 aliphatic carbocycles. The largest absolute Gasteiger partial charge is 0.494 e. The SMILES string of the molecule is CCOc1ccc(N2CC(CNC(=O)c3ccc(C)c([N+](=O)[O-])c3)CC2=O)cc1. The summed E-state index contributed by atoms with van der Waals surface area (Å²) in [7, 11) is 0. The zero-order chi connectivity index (χ0) is 21.0. The highest BCUT2D eigenvalue weighted by Gasteiger charge is 2.31. The van der Waals surface area contributed by atoms with Crippen LogP contribution >= 0.6 is 0 Å². The maximum Gasteiger partial charge on any atom is 0.273 e. The van der Waals surface area contributed by atoms with Crippen LogP contribution in [0.4, 0.5) is 11.4 Å². The lowest BCUT2D eigenvalue weighted by atomic mass is 10.1. The van der Waals surface area contributed by atoms with Gasteiger partial charge in [0, 0.05) is 48.3 Å². The van der Waals surface area contributed by atoms with Crippen LogP contribution in [0.25, 0.3) is 0 Å². The molecule has 0 aromatic heterocycles. The minimum atomic E-state index is -0.504. The van der Waals surface area contributed by atoms with Crippen LogP contribution in [0.5, 0.6) is 5.75 Å². The van der Waals surface area contributed by atoms with Gasteiger partial charge in [-0.15, -0.1) is 0 Å². The highest BCUT2D eigenvalue weighted by molar-refractivity contribution is 5.97. The first kappa shape index (κ1) is 20.3. The number of nitrogens with zero attached hydrogens (tertiary/aromatic N) is 2. The van der Waals surface area contributed by atoms with Crippen molar-refractivity contribution < 1.29 is 19.2 Å². The third-order valence-electron chi connectivity index (χ3n) is 4.88. The minimum absolute atomic E-state index is 0.000572. The molecule has 0 bridgehead atoms. The molecular formula is C21H23N3O5. The summed E-state index contributed by atoms with van der Waals surface area (Å²) in [5, 5.41) is 13.8. The number of ether oxygens (including phenoxy) is 1. The second kappa shape index (κ2) is 8.72. The van der Waals surface area contributed by atoms with Gasteiger partial charge in [0.1, 0.15) is 5.75 Å². The number of amides is 2. The Labute approximate surface area is 168 Å². The molecular weight excluding hydrogens is 374 g/mol. The maximum absolute atomic E-state index is 12.4. The summed E-state index contributed by atoms with van der Waals surface area (Å²) in [6.07, 6.45) is 0.335. The highest BCUT2D eigenvalue weighted by Crippen LogP contribution is 2.27. The Balaban J connectivity index is 1.59. The second-order valence-corrected chi connectivity index (χ2v) is 6.97. The van der Waals surface area contributed by atoms with Gasteiger partial charge in [0.2, 0.25) is 5.91 Å². The van der Waals surface area contributed by atoms with E-state index in [0.717, 1.165) is 11.4 Å². The molecule has 2 aromatic rings. The van der Waals surface area contributed by atoms with Gasteiger partial charge >= 0.3 is 0 Å². The number of hydrogen-bond acceptors (Lipinski definition) is 5. The van der Waals surface area contributed by atoms with Gasteiger partial charge in [-0.3, -0.25) is 19.7 Å². The third kappa shape index (κ3) is 4.71. The predicted octanol–water partition coefficient (Wildman–Crippen LogP) is 3.08. The Morgan fingerprint density at radius 3 is 2.66 bits per heavy atom. The Kier molecular flexibility index (Phi) is 6.11. The topological polar surface area (TPSA) is 102 Å². The number of aryl methyl sites for hydroxylation is 1. The van der Waals surface area contributed by atoms with E-state index < -0.39 is 4.92 Å². The lowest BCUT2D eigenvalue weighted by molar-refractivity contribution is -0.385. The van der Waals surface area contributed by atoms with Crippen molar-refractivity contribution in [2.24, 2.45) is 5.92 Å². The van der Waals surface area contributed by atoms with E-state index in [9.17, 15) is 19.7 Å². The first-order valence-electron chi connectivity index (χ1n) is 9.45. The summed E-state index contributed by atoms with van der Waals surface area (Å²) in [4.78, 5) is 37.0. The van der Waals surface area contributed by atoms with Crippen molar-refractivity contribution in [1.82, 2.24) is 5.32 Å². The number of nitro benzene ring substituents is 1. The molecule has 2 amide bonds. The summed E-state index contributed by atoms with van der Waals surface area (Å²) in [5.74, 6) is 0.330. The van der Waals surface area contributed by atoms with Gasteiger partial charge in [-0.05, 0) is 44.2 Å². The number of hydrogen-bond donors (Lipinski definition) is 1. The fraction of sp³-hybridized carbons (Fsp3) is 0.333. The van der Waals surface area contributed by atoms with E-state index in [1.54, 1.807) is 24.0 Å². The van der Waals surface area contributed by atoms with Crippen LogP contribution in [-0.2, 0) is 4.79 Å². The van der Waals surface area contributed by atoms with Crippen LogP contribution in [0.15, 0.2) is 42.5 Å². The second-order valence-electron chi connectivity index (χ2n) is 6.97. The fourth-order valence-electron chi connectivity index (χ4n) is 3.34. The first-order valence-corrected chi connectivity index (χ1v) is 9.45. The Bertz CT molecular complexity index is 926. The van der Waals surface area contributed by atoms with Gasteiger partial charge < -0.3 is 15.0 Å². The van der Waals surface area contributed by atoms with Crippen LogP contribution < -0.4 is 15.0 Å². The molecule has 1 fully saturated rings. The molecule has 3 rings (SSSR count). The monoisotopic (exact) mass is 397 g/mol. The van der Waals surface area contributed by atoms with E-state index >= 15 is 0 Å². The Morgan fingerprint density at radius 2 is 2.00 bits per heavy atom. The highest BCUT2D eigenvalue weighted by atomic mass is 16.6. The number of nitrogens with one attached hydrogen (secondary N) is 1. The van der Waals surface area contributed by atoms with E-state index in [2.05, 4.69) is 5.32 Å².